The van der Waals surface area contributed by atoms with Crippen LogP contribution < -0.4 is 11.1 Å². The van der Waals surface area contributed by atoms with Gasteiger partial charge in [0.2, 0.25) is 5.91 Å². The van der Waals surface area contributed by atoms with Crippen LogP contribution in [-0.4, -0.2) is 41.7 Å². The van der Waals surface area contributed by atoms with Crippen LogP contribution >= 0.6 is 0 Å². The number of hydrogen-bond donors (Lipinski definition) is 3. The molecular formula is C15H23N3O2. The number of nitrogens with two attached hydrogens (primary N) is 1. The van der Waals surface area contributed by atoms with Crippen LogP contribution in [0.3, 0.4) is 0 Å². The number of nitrogens with zero attached hydrogens (tertiary/aromatic N) is 1. The van der Waals surface area contributed by atoms with Gasteiger partial charge in [0, 0.05) is 30.4 Å². The number of rotatable bonds is 5. The van der Waals surface area contributed by atoms with Crippen molar-refractivity contribution >= 4 is 17.3 Å². The molecule has 110 valence electrons. The van der Waals surface area contributed by atoms with E-state index in [1.807, 2.05) is 0 Å². The molecule has 2 atom stereocenters. The standard InChI is InChI=1S/C15H23N3O2/c1-11-6-8-18(14(11)10-19)9-7-15(20)17-13-4-2-12(16)3-5-13/h2-5,11,14,19H,6-10,16H2,1H3,(H,17,20). The van der Waals surface area contributed by atoms with Gasteiger partial charge in [0.15, 0.2) is 0 Å². The van der Waals surface area contributed by atoms with Crippen LogP contribution in [0.1, 0.15) is 19.8 Å². The van der Waals surface area contributed by atoms with Crippen molar-refractivity contribution in [2.75, 3.05) is 30.7 Å². The van der Waals surface area contributed by atoms with E-state index in [-0.39, 0.29) is 18.6 Å². The summed E-state index contributed by atoms with van der Waals surface area (Å²) in [4.78, 5) is 14.1. The molecule has 2 unspecified atom stereocenters. The summed E-state index contributed by atoms with van der Waals surface area (Å²) in [5.74, 6) is 0.492. The van der Waals surface area contributed by atoms with Crippen LogP contribution in [0.4, 0.5) is 11.4 Å². The van der Waals surface area contributed by atoms with Crippen molar-refractivity contribution in [3.63, 3.8) is 0 Å². The Morgan fingerprint density at radius 1 is 1.45 bits per heavy atom. The lowest BCUT2D eigenvalue weighted by molar-refractivity contribution is -0.116. The highest BCUT2D eigenvalue weighted by molar-refractivity contribution is 5.90. The highest BCUT2D eigenvalue weighted by Gasteiger charge is 2.30. The maximum atomic E-state index is 11.9. The Labute approximate surface area is 119 Å². The molecule has 0 radical (unpaired) electrons. The van der Waals surface area contributed by atoms with E-state index in [9.17, 15) is 9.90 Å². The minimum absolute atomic E-state index is 0.00832. The Balaban J connectivity index is 1.79. The van der Waals surface area contributed by atoms with Gasteiger partial charge in [-0.3, -0.25) is 9.69 Å². The lowest BCUT2D eigenvalue weighted by Gasteiger charge is -2.24. The van der Waals surface area contributed by atoms with Gasteiger partial charge in [0.25, 0.3) is 0 Å². The molecule has 0 saturated carbocycles. The zero-order valence-corrected chi connectivity index (χ0v) is 11.9. The summed E-state index contributed by atoms with van der Waals surface area (Å²) in [5, 5.41) is 12.2. The molecule has 5 heteroatoms. The average Bonchev–Trinajstić information content (AvgIpc) is 2.79. The number of likely N-dealkylation sites (tertiary alicyclic amines) is 1. The highest BCUT2D eigenvalue weighted by atomic mass is 16.3. The summed E-state index contributed by atoms with van der Waals surface area (Å²) in [6.45, 7) is 3.97. The second kappa shape index (κ2) is 6.72. The van der Waals surface area contributed by atoms with Crippen molar-refractivity contribution < 1.29 is 9.90 Å². The molecule has 2 rings (SSSR count). The third-order valence-corrected chi connectivity index (χ3v) is 4.01. The van der Waals surface area contributed by atoms with Crippen molar-refractivity contribution in [3.8, 4) is 0 Å². The number of carbonyl (C=O) groups excluding carboxylic acids is 1. The van der Waals surface area contributed by atoms with E-state index < -0.39 is 0 Å². The quantitative estimate of drug-likeness (QED) is 0.709. The largest absolute Gasteiger partial charge is 0.399 e. The monoisotopic (exact) mass is 277 g/mol. The Bertz CT molecular complexity index is 447. The minimum Gasteiger partial charge on any atom is -0.399 e. The van der Waals surface area contributed by atoms with Gasteiger partial charge in [-0.15, -0.1) is 0 Å². The molecule has 1 saturated heterocycles. The van der Waals surface area contributed by atoms with Crippen LogP contribution in [0.5, 0.6) is 0 Å². The van der Waals surface area contributed by atoms with Crippen molar-refractivity contribution in [1.82, 2.24) is 4.90 Å². The molecule has 1 aliphatic heterocycles. The first-order chi connectivity index (χ1) is 9.60. The molecule has 20 heavy (non-hydrogen) atoms. The molecule has 1 heterocycles. The van der Waals surface area contributed by atoms with Crippen LogP contribution in [0, 0.1) is 5.92 Å². The summed E-state index contributed by atoms with van der Waals surface area (Å²) in [5.41, 5.74) is 7.04. The number of nitrogens with one attached hydrogen (secondary N) is 1. The predicted molar refractivity (Wildman–Crippen MR) is 80.3 cm³/mol. The Hall–Kier alpha value is -1.59. The topological polar surface area (TPSA) is 78.6 Å². The molecule has 0 aliphatic carbocycles. The van der Waals surface area contributed by atoms with Crippen molar-refractivity contribution in [1.29, 1.82) is 0 Å². The Morgan fingerprint density at radius 2 is 2.15 bits per heavy atom. The molecule has 1 amide bonds. The average molecular weight is 277 g/mol. The van der Waals surface area contributed by atoms with Crippen LogP contribution in [0.2, 0.25) is 0 Å². The highest BCUT2D eigenvalue weighted by Crippen LogP contribution is 2.23. The molecule has 0 spiro atoms. The van der Waals surface area contributed by atoms with Gasteiger partial charge >= 0.3 is 0 Å². The number of aliphatic hydroxyl groups is 1. The van der Waals surface area contributed by atoms with Gasteiger partial charge in [-0.05, 0) is 43.1 Å². The number of hydrogen-bond acceptors (Lipinski definition) is 4. The fourth-order valence-corrected chi connectivity index (χ4v) is 2.70. The third kappa shape index (κ3) is 3.71. The Kier molecular flexibility index (Phi) is 4.98. The first-order valence-corrected chi connectivity index (χ1v) is 7.10. The van der Waals surface area contributed by atoms with E-state index in [2.05, 4.69) is 17.1 Å². The SMILES string of the molecule is CC1CCN(CCC(=O)Nc2ccc(N)cc2)C1CO. The van der Waals surface area contributed by atoms with Crippen molar-refractivity contribution in [3.05, 3.63) is 24.3 Å². The third-order valence-electron chi connectivity index (χ3n) is 4.01. The molecule has 0 bridgehead atoms. The molecule has 1 fully saturated rings. The fraction of sp³-hybridized carbons (Fsp3) is 0.533. The molecular weight excluding hydrogens is 254 g/mol. The number of benzene rings is 1. The van der Waals surface area contributed by atoms with Crippen molar-refractivity contribution in [2.24, 2.45) is 5.92 Å². The van der Waals surface area contributed by atoms with Gasteiger partial charge in [0.05, 0.1) is 6.61 Å². The molecule has 1 aromatic rings. The molecule has 1 aliphatic rings. The minimum atomic E-state index is -0.00832. The summed E-state index contributed by atoms with van der Waals surface area (Å²) < 4.78 is 0. The van der Waals surface area contributed by atoms with Gasteiger partial charge in [-0.2, -0.15) is 0 Å². The normalized spacial score (nSPS) is 22.9. The van der Waals surface area contributed by atoms with Gasteiger partial charge in [0.1, 0.15) is 0 Å². The van der Waals surface area contributed by atoms with Gasteiger partial charge < -0.3 is 16.2 Å². The number of amides is 1. The number of anilines is 2. The number of aliphatic hydroxyl groups excluding tert-OH is 1. The smallest absolute Gasteiger partial charge is 0.225 e. The van der Waals surface area contributed by atoms with E-state index in [1.165, 1.54) is 0 Å². The Morgan fingerprint density at radius 3 is 2.80 bits per heavy atom. The van der Waals surface area contributed by atoms with Crippen LogP contribution in [0.25, 0.3) is 0 Å². The summed E-state index contributed by atoms with van der Waals surface area (Å²) >= 11 is 0. The van der Waals surface area contributed by atoms with E-state index in [0.29, 0.717) is 24.6 Å². The molecule has 0 aromatic heterocycles. The van der Waals surface area contributed by atoms with E-state index in [4.69, 9.17) is 5.73 Å². The lowest BCUT2D eigenvalue weighted by atomic mass is 10.0. The van der Waals surface area contributed by atoms with Crippen molar-refractivity contribution in [2.45, 2.75) is 25.8 Å². The molecule has 1 aromatic carbocycles. The maximum Gasteiger partial charge on any atom is 0.225 e. The molecule has 4 N–H and O–H groups in total. The van der Waals surface area contributed by atoms with Gasteiger partial charge in [-0.1, -0.05) is 6.92 Å². The first-order valence-electron chi connectivity index (χ1n) is 7.10. The second-order valence-corrected chi connectivity index (χ2v) is 5.47. The first kappa shape index (κ1) is 14.8. The maximum absolute atomic E-state index is 11.9. The lowest BCUT2D eigenvalue weighted by Crippen LogP contribution is -2.37. The zero-order valence-electron chi connectivity index (χ0n) is 11.9. The second-order valence-electron chi connectivity index (χ2n) is 5.47. The van der Waals surface area contributed by atoms with Crippen LogP contribution in [0.15, 0.2) is 24.3 Å². The predicted octanol–water partition coefficient (Wildman–Crippen LogP) is 1.30. The van der Waals surface area contributed by atoms with E-state index >= 15 is 0 Å². The van der Waals surface area contributed by atoms with E-state index in [1.54, 1.807) is 24.3 Å². The zero-order chi connectivity index (χ0) is 14.5. The van der Waals surface area contributed by atoms with Crippen LogP contribution in [-0.2, 0) is 4.79 Å². The summed E-state index contributed by atoms with van der Waals surface area (Å²) in [6.07, 6.45) is 1.53. The molecule has 5 nitrogen and oxygen atoms in total. The summed E-state index contributed by atoms with van der Waals surface area (Å²) in [7, 11) is 0. The number of carbonyl (C=O) groups is 1. The van der Waals surface area contributed by atoms with Gasteiger partial charge in [-0.25, -0.2) is 0 Å². The van der Waals surface area contributed by atoms with E-state index in [0.717, 1.165) is 18.7 Å². The summed E-state index contributed by atoms with van der Waals surface area (Å²) in [6, 6.07) is 7.31. The fourth-order valence-electron chi connectivity index (χ4n) is 2.70. The number of nitrogen functional groups attached to an aromatic ring is 1.